The molecule has 7 heteroatoms. The molecule has 0 saturated carbocycles. The molecule has 0 aromatic heterocycles. The molecule has 3 nitrogen and oxygen atoms in total. The first-order valence-electron chi connectivity index (χ1n) is 5.14. The Kier molecular flexibility index (Phi) is 3.95. The van der Waals surface area contributed by atoms with Crippen molar-refractivity contribution < 1.29 is 21.6 Å². The van der Waals surface area contributed by atoms with Crippen molar-refractivity contribution in [3.8, 4) is 0 Å². The summed E-state index contributed by atoms with van der Waals surface area (Å²) in [5.41, 5.74) is -0.982. The monoisotopic (exact) mass is 281 g/mol. The quantitative estimate of drug-likeness (QED) is 0.924. The predicted molar refractivity (Wildman–Crippen MR) is 63.7 cm³/mol. The van der Waals surface area contributed by atoms with Gasteiger partial charge in [-0.1, -0.05) is 0 Å². The van der Waals surface area contributed by atoms with Gasteiger partial charge in [0.15, 0.2) is 0 Å². The summed E-state index contributed by atoms with van der Waals surface area (Å²) in [6.07, 6.45) is -2.96. The van der Waals surface area contributed by atoms with Crippen LogP contribution in [0.2, 0.25) is 0 Å². The molecule has 0 heterocycles. The molecule has 0 bridgehead atoms. The SMILES string of the molecule is CC(C)(C)S(=O)(=O)Nc1ccc(F)cc1C(F)F. The summed E-state index contributed by atoms with van der Waals surface area (Å²) in [5.74, 6) is -0.844. The fourth-order valence-electron chi connectivity index (χ4n) is 1.10. The van der Waals surface area contributed by atoms with Crippen molar-refractivity contribution >= 4 is 15.7 Å². The van der Waals surface area contributed by atoms with Gasteiger partial charge in [-0.3, -0.25) is 4.72 Å². The van der Waals surface area contributed by atoms with E-state index >= 15 is 0 Å². The van der Waals surface area contributed by atoms with Gasteiger partial charge in [-0.2, -0.15) is 0 Å². The van der Waals surface area contributed by atoms with Crippen LogP contribution in [0.3, 0.4) is 0 Å². The molecule has 18 heavy (non-hydrogen) atoms. The topological polar surface area (TPSA) is 46.2 Å². The van der Waals surface area contributed by atoms with Crippen LogP contribution in [0.1, 0.15) is 32.8 Å². The van der Waals surface area contributed by atoms with E-state index in [2.05, 4.69) is 4.72 Å². The van der Waals surface area contributed by atoms with E-state index in [1.807, 2.05) is 0 Å². The van der Waals surface area contributed by atoms with Gasteiger partial charge in [0.2, 0.25) is 10.0 Å². The number of nitrogens with one attached hydrogen (secondary N) is 1. The first-order chi connectivity index (χ1) is 8.04. The number of rotatable bonds is 3. The summed E-state index contributed by atoms with van der Waals surface area (Å²) < 4.78 is 62.8. The first kappa shape index (κ1) is 14.8. The highest BCUT2D eigenvalue weighted by molar-refractivity contribution is 7.94. The van der Waals surface area contributed by atoms with E-state index in [-0.39, 0.29) is 5.69 Å². The summed E-state index contributed by atoms with van der Waals surface area (Å²) in [4.78, 5) is 0. The Hall–Kier alpha value is -1.24. The zero-order valence-corrected chi connectivity index (χ0v) is 11.0. The third-order valence-corrected chi connectivity index (χ3v) is 4.40. The maximum atomic E-state index is 12.9. The van der Waals surface area contributed by atoms with Gasteiger partial charge >= 0.3 is 0 Å². The largest absolute Gasteiger partial charge is 0.283 e. The van der Waals surface area contributed by atoms with E-state index in [1.54, 1.807) is 0 Å². The van der Waals surface area contributed by atoms with Crippen LogP contribution >= 0.6 is 0 Å². The van der Waals surface area contributed by atoms with Crippen LogP contribution in [-0.2, 0) is 10.0 Å². The number of sulfonamides is 1. The van der Waals surface area contributed by atoms with Gasteiger partial charge in [0.05, 0.1) is 10.4 Å². The van der Waals surface area contributed by atoms with Crippen molar-refractivity contribution in [3.05, 3.63) is 29.6 Å². The molecule has 0 spiro atoms. The Bertz CT molecular complexity index is 536. The number of halogens is 3. The molecule has 0 fully saturated rings. The van der Waals surface area contributed by atoms with Crippen LogP contribution in [0.4, 0.5) is 18.9 Å². The summed E-state index contributed by atoms with van der Waals surface area (Å²) in [6, 6.07) is 2.53. The average molecular weight is 281 g/mol. The second-order valence-electron chi connectivity index (χ2n) is 4.75. The van der Waals surface area contributed by atoms with Gasteiger partial charge in [-0.25, -0.2) is 21.6 Å². The fourth-order valence-corrected chi connectivity index (χ4v) is 1.89. The zero-order chi connectivity index (χ0) is 14.1. The summed E-state index contributed by atoms with van der Waals surface area (Å²) in [5, 5.41) is 0. The van der Waals surface area contributed by atoms with E-state index < -0.39 is 32.6 Å². The summed E-state index contributed by atoms with van der Waals surface area (Å²) in [7, 11) is -3.83. The number of anilines is 1. The fraction of sp³-hybridized carbons (Fsp3) is 0.455. The predicted octanol–water partition coefficient (Wildman–Crippen LogP) is 3.30. The molecule has 0 aliphatic heterocycles. The Morgan fingerprint density at radius 1 is 1.22 bits per heavy atom. The zero-order valence-electron chi connectivity index (χ0n) is 10.2. The maximum absolute atomic E-state index is 12.9. The first-order valence-corrected chi connectivity index (χ1v) is 6.63. The van der Waals surface area contributed by atoms with Crippen LogP contribution in [0, 0.1) is 5.82 Å². The van der Waals surface area contributed by atoms with Crippen molar-refractivity contribution in [2.45, 2.75) is 31.9 Å². The molecule has 0 unspecified atom stereocenters. The minimum Gasteiger partial charge on any atom is -0.283 e. The van der Waals surface area contributed by atoms with Crippen LogP contribution in [-0.4, -0.2) is 13.2 Å². The third kappa shape index (κ3) is 3.16. The Morgan fingerprint density at radius 3 is 2.22 bits per heavy atom. The van der Waals surface area contributed by atoms with Crippen molar-refractivity contribution in [1.29, 1.82) is 0 Å². The maximum Gasteiger partial charge on any atom is 0.265 e. The molecule has 102 valence electrons. The van der Waals surface area contributed by atoms with Crippen molar-refractivity contribution in [2.75, 3.05) is 4.72 Å². The van der Waals surface area contributed by atoms with Crippen LogP contribution in [0.5, 0.6) is 0 Å². The Morgan fingerprint density at radius 2 is 1.78 bits per heavy atom. The Balaban J connectivity index is 3.21. The molecule has 0 aliphatic rings. The molecule has 1 aromatic rings. The number of benzene rings is 1. The summed E-state index contributed by atoms with van der Waals surface area (Å²) >= 11 is 0. The summed E-state index contributed by atoms with van der Waals surface area (Å²) in [6.45, 7) is 4.29. The minimum absolute atomic E-state index is 0.304. The number of hydrogen-bond acceptors (Lipinski definition) is 2. The Labute approximate surface area is 104 Å². The van der Waals surface area contributed by atoms with Gasteiger partial charge < -0.3 is 0 Å². The minimum atomic E-state index is -3.83. The molecule has 1 N–H and O–H groups in total. The molecule has 0 aliphatic carbocycles. The third-order valence-electron chi connectivity index (χ3n) is 2.30. The number of hydrogen-bond donors (Lipinski definition) is 1. The van der Waals surface area contributed by atoms with Crippen molar-refractivity contribution in [3.63, 3.8) is 0 Å². The highest BCUT2D eigenvalue weighted by atomic mass is 32.2. The van der Waals surface area contributed by atoms with Crippen LogP contribution < -0.4 is 4.72 Å². The second kappa shape index (κ2) is 4.79. The van der Waals surface area contributed by atoms with Crippen LogP contribution in [0.15, 0.2) is 18.2 Å². The highest BCUT2D eigenvalue weighted by Gasteiger charge is 2.30. The average Bonchev–Trinajstić information content (AvgIpc) is 2.18. The van der Waals surface area contributed by atoms with Crippen molar-refractivity contribution in [1.82, 2.24) is 0 Å². The lowest BCUT2D eigenvalue weighted by atomic mass is 10.2. The van der Waals surface area contributed by atoms with E-state index in [0.717, 1.165) is 12.1 Å². The molecule has 0 radical (unpaired) electrons. The lowest BCUT2D eigenvalue weighted by Crippen LogP contribution is -2.34. The molecule has 0 saturated heterocycles. The van der Waals surface area contributed by atoms with Gasteiger partial charge in [-0.05, 0) is 39.0 Å². The van der Waals surface area contributed by atoms with Crippen LogP contribution in [0.25, 0.3) is 0 Å². The lowest BCUT2D eigenvalue weighted by Gasteiger charge is -2.21. The van der Waals surface area contributed by atoms with E-state index in [0.29, 0.717) is 6.07 Å². The van der Waals surface area contributed by atoms with Gasteiger partial charge in [0, 0.05) is 5.56 Å². The smallest absolute Gasteiger partial charge is 0.265 e. The normalized spacial score (nSPS) is 12.8. The van der Waals surface area contributed by atoms with Crippen molar-refractivity contribution in [2.24, 2.45) is 0 Å². The molecule has 0 amide bonds. The molecule has 1 aromatic carbocycles. The standard InChI is InChI=1S/C11H14F3NO2S/c1-11(2,3)18(16,17)15-9-5-4-7(12)6-8(9)10(13)14/h4-6,10,15H,1-3H3. The van der Waals surface area contributed by atoms with E-state index in [4.69, 9.17) is 0 Å². The molecule has 1 rings (SSSR count). The van der Waals surface area contributed by atoms with Gasteiger partial charge in [-0.15, -0.1) is 0 Å². The molecular formula is C11H14F3NO2S. The second-order valence-corrected chi connectivity index (χ2v) is 7.19. The van der Waals surface area contributed by atoms with E-state index in [1.165, 1.54) is 20.8 Å². The van der Waals surface area contributed by atoms with Gasteiger partial charge in [0.25, 0.3) is 6.43 Å². The molecular weight excluding hydrogens is 267 g/mol. The highest BCUT2D eigenvalue weighted by Crippen LogP contribution is 2.30. The molecule has 0 atom stereocenters. The van der Waals surface area contributed by atoms with Gasteiger partial charge in [0.1, 0.15) is 5.82 Å². The lowest BCUT2D eigenvalue weighted by molar-refractivity contribution is 0.152. The number of alkyl halides is 2. The van der Waals surface area contributed by atoms with E-state index in [9.17, 15) is 21.6 Å².